The maximum atomic E-state index is 13.1. The lowest BCUT2D eigenvalue weighted by Crippen LogP contribution is -2.39. The van der Waals surface area contributed by atoms with Crippen LogP contribution in [0, 0.1) is 0 Å². The summed E-state index contributed by atoms with van der Waals surface area (Å²) in [5.74, 6) is 0.254. The van der Waals surface area contributed by atoms with E-state index in [1.54, 1.807) is 54.8 Å². The third kappa shape index (κ3) is 5.44. The Kier molecular flexibility index (Phi) is 6.85. The molecule has 0 radical (unpaired) electrons. The van der Waals surface area contributed by atoms with E-state index in [2.05, 4.69) is 9.97 Å². The molecule has 0 fully saturated rings. The highest BCUT2D eigenvalue weighted by molar-refractivity contribution is 6.35. The number of rotatable bonds is 7. The second-order valence-corrected chi connectivity index (χ2v) is 7.09. The fourth-order valence-corrected chi connectivity index (χ4v) is 3.15. The summed E-state index contributed by atoms with van der Waals surface area (Å²) in [7, 11) is 0. The zero-order valence-electron chi connectivity index (χ0n) is 15.3. The molecule has 3 rings (SSSR count). The summed E-state index contributed by atoms with van der Waals surface area (Å²) in [5.41, 5.74) is 1.91. The normalized spacial score (nSPS) is 11.7. The van der Waals surface area contributed by atoms with Crippen molar-refractivity contribution >= 4 is 29.1 Å². The van der Waals surface area contributed by atoms with E-state index in [-0.39, 0.29) is 5.91 Å². The number of amides is 1. The Morgan fingerprint density at radius 2 is 1.79 bits per heavy atom. The lowest BCUT2D eigenvalue weighted by molar-refractivity contribution is -0.139. The number of carbonyl (C=O) groups is 1. The van der Waals surface area contributed by atoms with E-state index in [0.29, 0.717) is 28.9 Å². The van der Waals surface area contributed by atoms with Crippen molar-refractivity contribution in [1.29, 1.82) is 0 Å². The number of nitrogens with zero attached hydrogens (tertiary/aromatic N) is 3. The molecule has 7 heteroatoms. The highest BCUT2D eigenvalue weighted by Crippen LogP contribution is 2.28. The van der Waals surface area contributed by atoms with Crippen LogP contribution in [0.25, 0.3) is 0 Å². The first-order valence-electron chi connectivity index (χ1n) is 8.71. The molecule has 0 aliphatic carbocycles. The van der Waals surface area contributed by atoms with Gasteiger partial charge in [-0.1, -0.05) is 29.3 Å². The molecule has 0 spiro atoms. The lowest BCUT2D eigenvalue weighted by Gasteiger charge is -2.26. The molecule has 2 heterocycles. The largest absolute Gasteiger partial charge is 0.479 e. The van der Waals surface area contributed by atoms with Crippen molar-refractivity contribution in [3.05, 3.63) is 88.4 Å². The third-order valence-electron chi connectivity index (χ3n) is 4.08. The average molecular weight is 416 g/mol. The van der Waals surface area contributed by atoms with Gasteiger partial charge in [-0.2, -0.15) is 0 Å². The Morgan fingerprint density at radius 3 is 2.46 bits per heavy atom. The first kappa shape index (κ1) is 20.1. The molecule has 1 aromatic carbocycles. The predicted octanol–water partition coefficient (Wildman–Crippen LogP) is 4.78. The maximum absolute atomic E-state index is 13.1. The zero-order chi connectivity index (χ0) is 19.9. The van der Waals surface area contributed by atoms with E-state index in [1.807, 2.05) is 24.3 Å². The molecule has 144 valence electrons. The summed E-state index contributed by atoms with van der Waals surface area (Å²) < 4.78 is 5.81. The molecule has 3 aromatic rings. The van der Waals surface area contributed by atoms with E-state index in [4.69, 9.17) is 27.9 Å². The van der Waals surface area contributed by atoms with Crippen LogP contribution in [0.5, 0.6) is 5.75 Å². The number of benzene rings is 1. The molecule has 0 aliphatic rings. The van der Waals surface area contributed by atoms with Crippen LogP contribution in [0.2, 0.25) is 10.0 Å². The van der Waals surface area contributed by atoms with Gasteiger partial charge in [0.25, 0.3) is 5.91 Å². The molecule has 1 atom stereocenters. The van der Waals surface area contributed by atoms with E-state index in [0.717, 1.165) is 11.1 Å². The summed E-state index contributed by atoms with van der Waals surface area (Å²) >= 11 is 12.1. The van der Waals surface area contributed by atoms with Crippen LogP contribution in [0.15, 0.2) is 67.3 Å². The van der Waals surface area contributed by atoms with E-state index in [9.17, 15) is 4.79 Å². The SMILES string of the molecule is CC(Oc1ccc(Cl)cc1Cl)C(=O)N(Cc1ccncc1)Cc1cccnc1. The van der Waals surface area contributed by atoms with Crippen LogP contribution in [-0.2, 0) is 17.9 Å². The molecule has 0 aliphatic heterocycles. The number of carbonyl (C=O) groups excluding carboxylic acids is 1. The molecule has 0 N–H and O–H groups in total. The van der Waals surface area contributed by atoms with E-state index in [1.165, 1.54) is 0 Å². The van der Waals surface area contributed by atoms with Gasteiger partial charge in [-0.3, -0.25) is 14.8 Å². The molecular weight excluding hydrogens is 397 g/mol. The van der Waals surface area contributed by atoms with Crippen molar-refractivity contribution in [2.24, 2.45) is 0 Å². The minimum Gasteiger partial charge on any atom is -0.479 e. The topological polar surface area (TPSA) is 55.3 Å². The molecule has 0 saturated carbocycles. The Bertz CT molecular complexity index is 882. The summed E-state index contributed by atoms with van der Waals surface area (Å²) in [6.45, 7) is 2.55. The monoisotopic (exact) mass is 415 g/mol. The summed E-state index contributed by atoms with van der Waals surface area (Å²) in [5, 5.41) is 0.868. The van der Waals surface area contributed by atoms with Crippen molar-refractivity contribution in [1.82, 2.24) is 14.9 Å². The first-order chi connectivity index (χ1) is 13.5. The van der Waals surface area contributed by atoms with Gasteiger partial charge in [-0.15, -0.1) is 0 Å². The quantitative estimate of drug-likeness (QED) is 0.556. The van der Waals surface area contributed by atoms with Crippen LogP contribution < -0.4 is 4.74 Å². The molecular formula is C21H19Cl2N3O2. The second kappa shape index (κ2) is 9.53. The molecule has 28 heavy (non-hydrogen) atoms. The number of hydrogen-bond donors (Lipinski definition) is 0. The fraction of sp³-hybridized carbons (Fsp3) is 0.190. The van der Waals surface area contributed by atoms with Gasteiger partial charge in [0.2, 0.25) is 0 Å². The van der Waals surface area contributed by atoms with Gasteiger partial charge in [0.15, 0.2) is 6.10 Å². The summed E-state index contributed by atoms with van der Waals surface area (Å²) in [4.78, 5) is 23.0. The Labute approximate surface area is 173 Å². The number of halogens is 2. The Hall–Kier alpha value is -2.63. The van der Waals surface area contributed by atoms with Gasteiger partial charge in [-0.05, 0) is 54.4 Å². The van der Waals surface area contributed by atoms with Crippen molar-refractivity contribution in [2.75, 3.05) is 0 Å². The summed E-state index contributed by atoms with van der Waals surface area (Å²) in [6, 6.07) is 12.4. The minimum absolute atomic E-state index is 0.160. The van der Waals surface area contributed by atoms with Crippen LogP contribution in [0.4, 0.5) is 0 Å². The van der Waals surface area contributed by atoms with E-state index >= 15 is 0 Å². The van der Waals surface area contributed by atoms with Crippen LogP contribution in [0.3, 0.4) is 0 Å². The van der Waals surface area contributed by atoms with Gasteiger partial charge >= 0.3 is 0 Å². The number of ether oxygens (including phenoxy) is 1. The average Bonchev–Trinajstić information content (AvgIpc) is 2.70. The minimum atomic E-state index is -0.725. The van der Waals surface area contributed by atoms with Crippen molar-refractivity contribution < 1.29 is 9.53 Å². The van der Waals surface area contributed by atoms with Crippen molar-refractivity contribution in [3.8, 4) is 5.75 Å². The van der Waals surface area contributed by atoms with Crippen molar-refractivity contribution in [3.63, 3.8) is 0 Å². The lowest BCUT2D eigenvalue weighted by atomic mass is 10.2. The summed E-state index contributed by atoms with van der Waals surface area (Å²) in [6.07, 6.45) is 6.13. The van der Waals surface area contributed by atoms with Crippen LogP contribution in [-0.4, -0.2) is 26.9 Å². The van der Waals surface area contributed by atoms with Gasteiger partial charge < -0.3 is 9.64 Å². The zero-order valence-corrected chi connectivity index (χ0v) is 16.8. The number of aromatic nitrogens is 2. The van der Waals surface area contributed by atoms with E-state index < -0.39 is 6.10 Å². The molecule has 1 unspecified atom stereocenters. The standard InChI is InChI=1S/C21H19Cl2N3O2/c1-15(28-20-5-4-18(22)11-19(20)23)21(27)26(13-16-6-9-24-10-7-16)14-17-3-2-8-25-12-17/h2-12,15H,13-14H2,1H3. The number of pyridine rings is 2. The molecule has 0 bridgehead atoms. The van der Waals surface area contributed by atoms with Gasteiger partial charge in [-0.25, -0.2) is 0 Å². The Balaban J connectivity index is 1.78. The van der Waals surface area contributed by atoms with Crippen molar-refractivity contribution in [2.45, 2.75) is 26.1 Å². The van der Waals surface area contributed by atoms with Crippen LogP contribution in [0.1, 0.15) is 18.1 Å². The Morgan fingerprint density at radius 1 is 1.04 bits per heavy atom. The highest BCUT2D eigenvalue weighted by Gasteiger charge is 2.23. The maximum Gasteiger partial charge on any atom is 0.263 e. The van der Waals surface area contributed by atoms with Gasteiger partial charge in [0.1, 0.15) is 5.75 Å². The van der Waals surface area contributed by atoms with Gasteiger partial charge in [0, 0.05) is 42.9 Å². The molecule has 0 saturated heterocycles. The predicted molar refractivity (Wildman–Crippen MR) is 109 cm³/mol. The molecule has 1 amide bonds. The molecule has 2 aromatic heterocycles. The smallest absolute Gasteiger partial charge is 0.263 e. The fourth-order valence-electron chi connectivity index (χ4n) is 2.70. The first-order valence-corrected chi connectivity index (χ1v) is 9.47. The second-order valence-electron chi connectivity index (χ2n) is 6.25. The highest BCUT2D eigenvalue weighted by atomic mass is 35.5. The number of hydrogen-bond acceptors (Lipinski definition) is 4. The molecule has 5 nitrogen and oxygen atoms in total. The van der Waals surface area contributed by atoms with Gasteiger partial charge in [0.05, 0.1) is 5.02 Å². The van der Waals surface area contributed by atoms with Crippen LogP contribution >= 0.6 is 23.2 Å². The third-order valence-corrected chi connectivity index (χ3v) is 4.61.